The van der Waals surface area contributed by atoms with Crippen molar-refractivity contribution in [2.75, 3.05) is 20.3 Å². The Balaban J connectivity index is 2.28. The monoisotopic (exact) mass is 187 g/mol. The van der Waals surface area contributed by atoms with Gasteiger partial charge >= 0.3 is 5.97 Å². The topological polar surface area (TPSA) is 61.5 Å². The van der Waals surface area contributed by atoms with Crippen molar-refractivity contribution < 1.29 is 14.3 Å². The van der Waals surface area contributed by atoms with Crippen LogP contribution in [0.5, 0.6) is 0 Å². The highest BCUT2D eigenvalue weighted by molar-refractivity contribution is 5.69. The predicted octanol–water partition coefficient (Wildman–Crippen LogP) is 0.303. The Bertz CT molecular complexity index is 166. The molecule has 0 radical (unpaired) electrons. The van der Waals surface area contributed by atoms with Crippen molar-refractivity contribution in [2.45, 2.75) is 25.3 Å². The van der Waals surface area contributed by atoms with E-state index >= 15 is 0 Å². The molecule has 76 valence electrons. The molecule has 13 heavy (non-hydrogen) atoms. The lowest BCUT2D eigenvalue weighted by atomic mass is 9.90. The van der Waals surface area contributed by atoms with Gasteiger partial charge in [-0.1, -0.05) is 0 Å². The average Bonchev–Trinajstić information content (AvgIpc) is 2.19. The fourth-order valence-electron chi connectivity index (χ4n) is 1.59. The van der Waals surface area contributed by atoms with Gasteiger partial charge in [-0.3, -0.25) is 4.79 Å². The summed E-state index contributed by atoms with van der Waals surface area (Å²) in [6.07, 6.45) is 2.23. The number of esters is 1. The van der Waals surface area contributed by atoms with Crippen LogP contribution in [0.4, 0.5) is 0 Å². The van der Waals surface area contributed by atoms with E-state index < -0.39 is 0 Å². The molecule has 0 saturated carbocycles. The molecule has 1 saturated heterocycles. The molecule has 0 aromatic rings. The van der Waals surface area contributed by atoms with Gasteiger partial charge in [0.05, 0.1) is 13.5 Å². The second-order valence-corrected chi connectivity index (χ2v) is 3.39. The molecule has 4 heteroatoms. The van der Waals surface area contributed by atoms with E-state index in [1.54, 1.807) is 0 Å². The Morgan fingerprint density at radius 1 is 1.62 bits per heavy atom. The number of hydrogen-bond donors (Lipinski definition) is 1. The molecule has 1 aliphatic rings. The van der Waals surface area contributed by atoms with Gasteiger partial charge in [0.2, 0.25) is 0 Å². The molecular weight excluding hydrogens is 170 g/mol. The van der Waals surface area contributed by atoms with Crippen LogP contribution < -0.4 is 5.73 Å². The minimum atomic E-state index is -0.223. The zero-order chi connectivity index (χ0) is 9.68. The predicted molar refractivity (Wildman–Crippen MR) is 48.2 cm³/mol. The SMILES string of the molecule is COC(=O)C[C@H](N)C1CCOCC1. The van der Waals surface area contributed by atoms with E-state index in [2.05, 4.69) is 4.74 Å². The summed E-state index contributed by atoms with van der Waals surface area (Å²) in [6.45, 7) is 1.53. The Morgan fingerprint density at radius 2 is 2.23 bits per heavy atom. The number of nitrogens with two attached hydrogens (primary N) is 1. The summed E-state index contributed by atoms with van der Waals surface area (Å²) < 4.78 is 9.77. The Labute approximate surface area is 78.4 Å². The van der Waals surface area contributed by atoms with Crippen LogP contribution >= 0.6 is 0 Å². The van der Waals surface area contributed by atoms with E-state index in [0.717, 1.165) is 26.1 Å². The molecule has 0 amide bonds. The van der Waals surface area contributed by atoms with E-state index in [9.17, 15) is 4.79 Å². The maximum atomic E-state index is 10.9. The molecule has 0 bridgehead atoms. The van der Waals surface area contributed by atoms with Crippen molar-refractivity contribution in [3.8, 4) is 0 Å². The number of rotatable bonds is 3. The van der Waals surface area contributed by atoms with Crippen molar-refractivity contribution in [1.29, 1.82) is 0 Å². The Hall–Kier alpha value is -0.610. The summed E-state index contributed by atoms with van der Waals surface area (Å²) in [6, 6.07) is -0.0728. The number of ether oxygens (including phenoxy) is 2. The summed E-state index contributed by atoms with van der Waals surface area (Å²) in [5.41, 5.74) is 5.87. The molecule has 0 spiro atoms. The van der Waals surface area contributed by atoms with E-state index in [1.807, 2.05) is 0 Å². The fourth-order valence-corrected chi connectivity index (χ4v) is 1.59. The summed E-state index contributed by atoms with van der Waals surface area (Å²) in [5, 5.41) is 0. The highest BCUT2D eigenvalue weighted by Crippen LogP contribution is 2.19. The lowest BCUT2D eigenvalue weighted by Gasteiger charge is -2.26. The van der Waals surface area contributed by atoms with E-state index in [4.69, 9.17) is 10.5 Å². The number of carbonyl (C=O) groups excluding carboxylic acids is 1. The van der Waals surface area contributed by atoms with Crippen molar-refractivity contribution in [2.24, 2.45) is 11.7 Å². The summed E-state index contributed by atoms with van der Waals surface area (Å²) in [7, 11) is 1.39. The van der Waals surface area contributed by atoms with E-state index in [1.165, 1.54) is 7.11 Å². The molecule has 1 heterocycles. The van der Waals surface area contributed by atoms with Crippen LogP contribution in [-0.4, -0.2) is 32.3 Å². The number of methoxy groups -OCH3 is 1. The van der Waals surface area contributed by atoms with Crippen LogP contribution in [0.3, 0.4) is 0 Å². The standard InChI is InChI=1S/C9H17NO3/c1-12-9(11)6-8(10)7-2-4-13-5-3-7/h7-8H,2-6,10H2,1H3/t8-/m0/s1. The molecule has 0 aromatic heterocycles. The molecule has 1 aliphatic heterocycles. The molecule has 0 aliphatic carbocycles. The normalized spacial score (nSPS) is 21.1. The number of hydrogen-bond acceptors (Lipinski definition) is 4. The van der Waals surface area contributed by atoms with Crippen LogP contribution in [0.25, 0.3) is 0 Å². The third kappa shape index (κ3) is 3.32. The van der Waals surface area contributed by atoms with Crippen molar-refractivity contribution >= 4 is 5.97 Å². The minimum Gasteiger partial charge on any atom is -0.469 e. The van der Waals surface area contributed by atoms with Gasteiger partial charge in [0.1, 0.15) is 0 Å². The first-order valence-corrected chi connectivity index (χ1v) is 4.64. The minimum absolute atomic E-state index is 0.0728. The fraction of sp³-hybridized carbons (Fsp3) is 0.889. The van der Waals surface area contributed by atoms with Crippen molar-refractivity contribution in [1.82, 2.24) is 0 Å². The Kier molecular flexibility index (Phi) is 4.18. The zero-order valence-corrected chi connectivity index (χ0v) is 7.99. The van der Waals surface area contributed by atoms with Crippen LogP contribution in [0.15, 0.2) is 0 Å². The van der Waals surface area contributed by atoms with E-state index in [-0.39, 0.29) is 12.0 Å². The summed E-state index contributed by atoms with van der Waals surface area (Å²) in [5.74, 6) is 0.187. The average molecular weight is 187 g/mol. The van der Waals surface area contributed by atoms with Crippen LogP contribution in [0, 0.1) is 5.92 Å². The first-order chi connectivity index (χ1) is 6.24. The molecule has 1 atom stereocenters. The molecule has 1 rings (SSSR count). The first-order valence-electron chi connectivity index (χ1n) is 4.64. The second kappa shape index (κ2) is 5.19. The molecule has 0 unspecified atom stereocenters. The molecule has 4 nitrogen and oxygen atoms in total. The quantitative estimate of drug-likeness (QED) is 0.646. The lowest BCUT2D eigenvalue weighted by Crippen LogP contribution is -2.36. The molecule has 0 aromatic carbocycles. The van der Waals surface area contributed by atoms with E-state index in [0.29, 0.717) is 12.3 Å². The summed E-state index contributed by atoms with van der Waals surface area (Å²) >= 11 is 0. The van der Waals surface area contributed by atoms with Gasteiger partial charge in [0, 0.05) is 19.3 Å². The molecular formula is C9H17NO3. The van der Waals surface area contributed by atoms with Crippen molar-refractivity contribution in [3.05, 3.63) is 0 Å². The smallest absolute Gasteiger partial charge is 0.307 e. The van der Waals surface area contributed by atoms with Gasteiger partial charge in [0.15, 0.2) is 0 Å². The van der Waals surface area contributed by atoms with Gasteiger partial charge < -0.3 is 15.2 Å². The van der Waals surface area contributed by atoms with Crippen LogP contribution in [0.2, 0.25) is 0 Å². The van der Waals surface area contributed by atoms with Crippen LogP contribution in [-0.2, 0) is 14.3 Å². The second-order valence-electron chi connectivity index (χ2n) is 3.39. The largest absolute Gasteiger partial charge is 0.469 e. The third-order valence-electron chi connectivity index (χ3n) is 2.50. The van der Waals surface area contributed by atoms with Gasteiger partial charge in [0.25, 0.3) is 0 Å². The van der Waals surface area contributed by atoms with Gasteiger partial charge in [-0.2, -0.15) is 0 Å². The maximum absolute atomic E-state index is 10.9. The van der Waals surface area contributed by atoms with Gasteiger partial charge in [-0.25, -0.2) is 0 Å². The van der Waals surface area contributed by atoms with Gasteiger partial charge in [-0.15, -0.1) is 0 Å². The third-order valence-corrected chi connectivity index (χ3v) is 2.50. The zero-order valence-electron chi connectivity index (χ0n) is 7.99. The van der Waals surface area contributed by atoms with Crippen molar-refractivity contribution in [3.63, 3.8) is 0 Å². The van der Waals surface area contributed by atoms with Crippen LogP contribution in [0.1, 0.15) is 19.3 Å². The highest BCUT2D eigenvalue weighted by Gasteiger charge is 2.22. The number of carbonyl (C=O) groups is 1. The van der Waals surface area contributed by atoms with Gasteiger partial charge in [-0.05, 0) is 18.8 Å². The lowest BCUT2D eigenvalue weighted by molar-refractivity contribution is -0.141. The maximum Gasteiger partial charge on any atom is 0.307 e. The summed E-state index contributed by atoms with van der Waals surface area (Å²) in [4.78, 5) is 10.9. The Morgan fingerprint density at radius 3 is 2.77 bits per heavy atom. The molecule has 1 fully saturated rings. The highest BCUT2D eigenvalue weighted by atomic mass is 16.5. The molecule has 2 N–H and O–H groups in total. The first kappa shape index (κ1) is 10.5.